The summed E-state index contributed by atoms with van der Waals surface area (Å²) in [5, 5.41) is 6.19. The summed E-state index contributed by atoms with van der Waals surface area (Å²) in [4.78, 5) is 11.7. The molecule has 0 aliphatic carbocycles. The van der Waals surface area contributed by atoms with Gasteiger partial charge in [0.15, 0.2) is 0 Å². The summed E-state index contributed by atoms with van der Waals surface area (Å²) in [5.74, 6) is 0. The molecule has 94 valence electrons. The van der Waals surface area contributed by atoms with E-state index in [2.05, 4.69) is 26.6 Å². The molecule has 0 saturated heterocycles. The van der Waals surface area contributed by atoms with Crippen LogP contribution in [0.25, 0.3) is 0 Å². The number of carbonyl (C=O) groups is 1. The molecule has 0 aliphatic heterocycles. The van der Waals surface area contributed by atoms with Gasteiger partial charge in [-0.1, -0.05) is 11.6 Å². The van der Waals surface area contributed by atoms with Crippen LogP contribution in [0.4, 0.5) is 10.5 Å². The van der Waals surface area contributed by atoms with E-state index in [0.29, 0.717) is 10.7 Å². The highest BCUT2D eigenvalue weighted by Crippen LogP contribution is 2.29. The summed E-state index contributed by atoms with van der Waals surface area (Å²) in [5.41, 5.74) is 1.34. The summed E-state index contributed by atoms with van der Waals surface area (Å²) in [7, 11) is 0. The van der Waals surface area contributed by atoms with Crippen LogP contribution in [0.15, 0.2) is 16.6 Å². The fourth-order valence-corrected chi connectivity index (χ4v) is 1.96. The third-order valence-corrected chi connectivity index (χ3v) is 3.05. The van der Waals surface area contributed by atoms with Crippen LogP contribution in [0.3, 0.4) is 0 Å². The average molecular weight is 320 g/mol. The Bertz CT molecular complexity index is 441. The van der Waals surface area contributed by atoms with E-state index in [0.717, 1.165) is 10.0 Å². The van der Waals surface area contributed by atoms with Crippen molar-refractivity contribution >= 4 is 39.2 Å². The molecule has 1 rings (SSSR count). The van der Waals surface area contributed by atoms with Crippen LogP contribution in [-0.2, 0) is 0 Å². The smallest absolute Gasteiger partial charge is 0.319 e. The molecule has 0 radical (unpaired) electrons. The first kappa shape index (κ1) is 14.3. The van der Waals surface area contributed by atoms with Gasteiger partial charge in [-0.3, -0.25) is 0 Å². The summed E-state index contributed by atoms with van der Waals surface area (Å²) in [6, 6.07) is 3.34. The molecule has 5 heteroatoms. The van der Waals surface area contributed by atoms with Gasteiger partial charge in [-0.15, -0.1) is 0 Å². The van der Waals surface area contributed by atoms with Crippen molar-refractivity contribution in [2.24, 2.45) is 0 Å². The largest absolute Gasteiger partial charge is 0.333 e. The first-order valence-electron chi connectivity index (χ1n) is 5.24. The maximum Gasteiger partial charge on any atom is 0.319 e. The van der Waals surface area contributed by atoms with Gasteiger partial charge in [0, 0.05) is 15.0 Å². The fraction of sp³-hybridized carbons (Fsp3) is 0.417. The molecule has 0 bridgehead atoms. The maximum absolute atomic E-state index is 11.7. The Balaban J connectivity index is 2.82. The van der Waals surface area contributed by atoms with Gasteiger partial charge in [0.2, 0.25) is 0 Å². The quantitative estimate of drug-likeness (QED) is 0.794. The van der Waals surface area contributed by atoms with Gasteiger partial charge in [0.1, 0.15) is 0 Å². The molecule has 0 unspecified atom stereocenters. The first-order chi connectivity index (χ1) is 7.69. The van der Waals surface area contributed by atoms with Crippen molar-refractivity contribution in [3.05, 3.63) is 27.2 Å². The van der Waals surface area contributed by atoms with E-state index in [9.17, 15) is 4.79 Å². The van der Waals surface area contributed by atoms with E-state index in [-0.39, 0.29) is 11.6 Å². The second-order valence-corrected chi connectivity index (χ2v) is 6.17. The lowest BCUT2D eigenvalue weighted by atomic mass is 10.1. The monoisotopic (exact) mass is 318 g/mol. The Morgan fingerprint density at radius 3 is 2.47 bits per heavy atom. The van der Waals surface area contributed by atoms with Gasteiger partial charge >= 0.3 is 6.03 Å². The average Bonchev–Trinajstić information content (AvgIpc) is 2.11. The number of carbonyl (C=O) groups excluding carboxylic acids is 1. The van der Waals surface area contributed by atoms with Crippen molar-refractivity contribution < 1.29 is 4.79 Å². The predicted octanol–water partition coefficient (Wildman–Crippen LogP) is 4.33. The number of hydrogen-bond acceptors (Lipinski definition) is 1. The molecule has 0 fully saturated rings. The molecule has 0 aliphatic rings. The van der Waals surface area contributed by atoms with Crippen molar-refractivity contribution in [1.82, 2.24) is 5.32 Å². The van der Waals surface area contributed by atoms with E-state index < -0.39 is 0 Å². The molecule has 0 saturated carbocycles. The van der Waals surface area contributed by atoms with Gasteiger partial charge in [-0.25, -0.2) is 4.79 Å². The number of urea groups is 1. The topological polar surface area (TPSA) is 41.1 Å². The van der Waals surface area contributed by atoms with Gasteiger partial charge in [-0.2, -0.15) is 0 Å². The minimum Gasteiger partial charge on any atom is -0.333 e. The number of hydrogen-bond donors (Lipinski definition) is 2. The van der Waals surface area contributed by atoms with Crippen LogP contribution in [0, 0.1) is 6.92 Å². The fourth-order valence-electron chi connectivity index (χ4n) is 1.24. The first-order valence-corrected chi connectivity index (χ1v) is 6.41. The van der Waals surface area contributed by atoms with Gasteiger partial charge < -0.3 is 10.6 Å². The number of rotatable bonds is 1. The summed E-state index contributed by atoms with van der Waals surface area (Å²) in [6.07, 6.45) is 0. The Labute approximate surface area is 115 Å². The zero-order chi connectivity index (χ0) is 13.2. The van der Waals surface area contributed by atoms with Crippen LogP contribution in [0.1, 0.15) is 26.3 Å². The van der Waals surface area contributed by atoms with Crippen molar-refractivity contribution in [3.8, 4) is 0 Å². The number of halogens is 2. The van der Waals surface area contributed by atoms with E-state index in [1.807, 2.05) is 33.8 Å². The number of aryl methyl sites for hydroxylation is 1. The van der Waals surface area contributed by atoms with E-state index in [4.69, 9.17) is 11.6 Å². The van der Waals surface area contributed by atoms with Crippen molar-refractivity contribution in [3.63, 3.8) is 0 Å². The lowest BCUT2D eigenvalue weighted by Gasteiger charge is -2.21. The second-order valence-electron chi connectivity index (χ2n) is 4.91. The van der Waals surface area contributed by atoms with E-state index >= 15 is 0 Å². The molecule has 0 aromatic heterocycles. The Morgan fingerprint density at radius 2 is 1.94 bits per heavy atom. The summed E-state index contributed by atoms with van der Waals surface area (Å²) >= 11 is 9.40. The summed E-state index contributed by atoms with van der Waals surface area (Å²) < 4.78 is 0.809. The molecule has 0 atom stereocenters. The molecule has 1 aromatic rings. The highest BCUT2D eigenvalue weighted by atomic mass is 79.9. The van der Waals surface area contributed by atoms with Crippen LogP contribution < -0.4 is 10.6 Å². The van der Waals surface area contributed by atoms with Crippen LogP contribution in [0.5, 0.6) is 0 Å². The molecule has 1 aromatic carbocycles. The highest BCUT2D eigenvalue weighted by Gasteiger charge is 2.14. The molecular formula is C12H16BrClN2O. The second kappa shape index (κ2) is 5.27. The Hall–Kier alpha value is -0.740. The van der Waals surface area contributed by atoms with Crippen molar-refractivity contribution in [2.45, 2.75) is 33.2 Å². The molecule has 17 heavy (non-hydrogen) atoms. The minimum absolute atomic E-state index is 0.252. The number of nitrogens with one attached hydrogen (secondary N) is 2. The zero-order valence-corrected chi connectivity index (χ0v) is 12.7. The van der Waals surface area contributed by atoms with Crippen LogP contribution in [0.2, 0.25) is 5.02 Å². The minimum atomic E-state index is -0.273. The normalized spacial score (nSPS) is 11.2. The lowest BCUT2D eigenvalue weighted by molar-refractivity contribution is 0.244. The van der Waals surface area contributed by atoms with Crippen LogP contribution >= 0.6 is 27.5 Å². The van der Waals surface area contributed by atoms with Crippen LogP contribution in [-0.4, -0.2) is 11.6 Å². The van der Waals surface area contributed by atoms with E-state index in [1.54, 1.807) is 6.07 Å². The molecule has 2 N–H and O–H groups in total. The standard InChI is InChI=1S/C12H16BrClN2O/c1-7-5-8(13)10(6-9(7)14)15-11(17)16-12(2,3)4/h5-6H,1-4H3,(H2,15,16,17). The van der Waals surface area contributed by atoms with Crippen molar-refractivity contribution in [1.29, 1.82) is 0 Å². The highest BCUT2D eigenvalue weighted by molar-refractivity contribution is 9.10. The Morgan fingerprint density at radius 1 is 1.35 bits per heavy atom. The van der Waals surface area contributed by atoms with Gasteiger partial charge in [-0.05, 0) is 61.3 Å². The SMILES string of the molecule is Cc1cc(Br)c(NC(=O)NC(C)(C)C)cc1Cl. The van der Waals surface area contributed by atoms with Gasteiger partial charge in [0.05, 0.1) is 5.69 Å². The van der Waals surface area contributed by atoms with Crippen molar-refractivity contribution in [2.75, 3.05) is 5.32 Å². The molecule has 3 nitrogen and oxygen atoms in total. The van der Waals surface area contributed by atoms with Gasteiger partial charge in [0.25, 0.3) is 0 Å². The number of benzene rings is 1. The van der Waals surface area contributed by atoms with E-state index in [1.165, 1.54) is 0 Å². The predicted molar refractivity (Wildman–Crippen MR) is 75.8 cm³/mol. The molecule has 0 spiro atoms. The third kappa shape index (κ3) is 4.56. The summed E-state index contributed by atoms with van der Waals surface area (Å²) in [6.45, 7) is 7.67. The molecule has 2 amide bonds. The number of anilines is 1. The molecular weight excluding hydrogens is 304 g/mol. The maximum atomic E-state index is 11.7. The zero-order valence-electron chi connectivity index (χ0n) is 10.3. The third-order valence-electron chi connectivity index (χ3n) is 1.99. The Kier molecular flexibility index (Phi) is 4.44. The lowest BCUT2D eigenvalue weighted by Crippen LogP contribution is -2.43. The number of amides is 2. The molecule has 0 heterocycles.